The van der Waals surface area contributed by atoms with Gasteiger partial charge in [-0.1, -0.05) is 29.8 Å². The molecule has 2 amide bonds. The molecule has 7 nitrogen and oxygen atoms in total. The van der Waals surface area contributed by atoms with E-state index in [9.17, 15) is 9.59 Å². The highest BCUT2D eigenvalue weighted by Gasteiger charge is 2.34. The van der Waals surface area contributed by atoms with Crippen LogP contribution >= 0.6 is 0 Å². The van der Waals surface area contributed by atoms with E-state index in [1.807, 2.05) is 60.4 Å². The van der Waals surface area contributed by atoms with Crippen LogP contribution < -0.4 is 19.7 Å². The Morgan fingerprint density at radius 1 is 1.07 bits per heavy atom. The van der Waals surface area contributed by atoms with Crippen LogP contribution in [0.25, 0.3) is 0 Å². The molecule has 0 bridgehead atoms. The van der Waals surface area contributed by atoms with Crippen molar-refractivity contribution in [2.75, 3.05) is 44.6 Å². The molecule has 2 aromatic carbocycles. The van der Waals surface area contributed by atoms with Gasteiger partial charge in [-0.15, -0.1) is 0 Å². The van der Waals surface area contributed by atoms with Gasteiger partial charge in [0.25, 0.3) is 11.8 Å². The summed E-state index contributed by atoms with van der Waals surface area (Å²) in [7, 11) is 0. The lowest BCUT2D eigenvalue weighted by Gasteiger charge is -2.35. The van der Waals surface area contributed by atoms with Crippen molar-refractivity contribution in [2.24, 2.45) is 0 Å². The van der Waals surface area contributed by atoms with Gasteiger partial charge in [-0.05, 0) is 31.2 Å². The van der Waals surface area contributed by atoms with Gasteiger partial charge in [0.15, 0.2) is 18.0 Å². The molecule has 29 heavy (non-hydrogen) atoms. The first-order valence-electron chi connectivity index (χ1n) is 9.96. The molecule has 2 aliphatic rings. The molecule has 1 atom stereocenters. The number of fused-ring (bicyclic) bond motifs is 1. The third-order valence-corrected chi connectivity index (χ3v) is 5.31. The second-order valence-electron chi connectivity index (χ2n) is 7.53. The number of quaternary nitrogens is 1. The van der Waals surface area contributed by atoms with Crippen molar-refractivity contribution in [1.82, 2.24) is 4.90 Å². The van der Waals surface area contributed by atoms with Crippen LogP contribution in [0.15, 0.2) is 48.5 Å². The SMILES string of the molecule is Cc1ccc(NC(=O)C[NH+]2CCN(C(=O)[C@@H]3COc4ccccc4O3)CC2)cc1. The highest BCUT2D eigenvalue weighted by atomic mass is 16.6. The second-order valence-corrected chi connectivity index (χ2v) is 7.53. The number of para-hydroxylation sites is 2. The van der Waals surface area contributed by atoms with Crippen molar-refractivity contribution in [2.45, 2.75) is 13.0 Å². The van der Waals surface area contributed by atoms with Gasteiger partial charge >= 0.3 is 0 Å². The lowest BCUT2D eigenvalue weighted by molar-refractivity contribution is -0.895. The van der Waals surface area contributed by atoms with Crippen LogP contribution in [0.4, 0.5) is 5.69 Å². The van der Waals surface area contributed by atoms with Gasteiger partial charge in [-0.2, -0.15) is 0 Å². The number of benzene rings is 2. The van der Waals surface area contributed by atoms with Gasteiger partial charge in [0.1, 0.15) is 6.61 Å². The minimum atomic E-state index is -0.615. The number of anilines is 1. The molecule has 2 heterocycles. The predicted octanol–water partition coefficient (Wildman–Crippen LogP) is 0.501. The van der Waals surface area contributed by atoms with Crippen molar-refractivity contribution in [3.8, 4) is 11.5 Å². The van der Waals surface area contributed by atoms with Crippen LogP contribution in [-0.4, -0.2) is 62.1 Å². The molecular formula is C22H26N3O4+. The van der Waals surface area contributed by atoms with Crippen molar-refractivity contribution in [1.29, 1.82) is 0 Å². The lowest BCUT2D eigenvalue weighted by atomic mass is 10.2. The molecule has 2 aliphatic heterocycles. The summed E-state index contributed by atoms with van der Waals surface area (Å²) in [6.45, 7) is 5.31. The molecule has 0 radical (unpaired) electrons. The molecule has 1 saturated heterocycles. The second kappa shape index (κ2) is 8.53. The molecule has 0 aliphatic carbocycles. The fourth-order valence-corrected chi connectivity index (χ4v) is 3.63. The van der Waals surface area contributed by atoms with Crippen molar-refractivity contribution >= 4 is 17.5 Å². The minimum absolute atomic E-state index is 0.00995. The van der Waals surface area contributed by atoms with E-state index in [1.54, 1.807) is 0 Å². The third-order valence-electron chi connectivity index (χ3n) is 5.31. The Hall–Kier alpha value is -3.06. The van der Waals surface area contributed by atoms with Crippen LogP contribution in [0.5, 0.6) is 11.5 Å². The molecule has 2 aromatic rings. The number of piperazine rings is 1. The van der Waals surface area contributed by atoms with Crippen molar-refractivity contribution in [3.05, 3.63) is 54.1 Å². The van der Waals surface area contributed by atoms with E-state index in [4.69, 9.17) is 9.47 Å². The van der Waals surface area contributed by atoms with Crippen molar-refractivity contribution in [3.63, 3.8) is 0 Å². The maximum atomic E-state index is 12.8. The van der Waals surface area contributed by atoms with E-state index in [-0.39, 0.29) is 18.4 Å². The number of hydrogen-bond donors (Lipinski definition) is 2. The number of carbonyl (C=O) groups is 2. The average Bonchev–Trinajstić information content (AvgIpc) is 2.75. The molecule has 0 spiro atoms. The van der Waals surface area contributed by atoms with Gasteiger partial charge in [0, 0.05) is 5.69 Å². The number of carbonyl (C=O) groups excluding carboxylic acids is 2. The molecule has 7 heteroatoms. The van der Waals surface area contributed by atoms with Gasteiger partial charge in [0.05, 0.1) is 26.2 Å². The summed E-state index contributed by atoms with van der Waals surface area (Å²) in [4.78, 5) is 28.1. The monoisotopic (exact) mass is 396 g/mol. The summed E-state index contributed by atoms with van der Waals surface area (Å²) >= 11 is 0. The first-order valence-corrected chi connectivity index (χ1v) is 9.96. The topological polar surface area (TPSA) is 72.3 Å². The van der Waals surface area contributed by atoms with Crippen LogP contribution in [0, 0.1) is 6.92 Å². The van der Waals surface area contributed by atoms with E-state index >= 15 is 0 Å². The number of nitrogens with zero attached hydrogens (tertiary/aromatic N) is 1. The van der Waals surface area contributed by atoms with E-state index in [0.29, 0.717) is 31.1 Å². The zero-order valence-electron chi connectivity index (χ0n) is 16.5. The highest BCUT2D eigenvalue weighted by molar-refractivity contribution is 5.91. The lowest BCUT2D eigenvalue weighted by Crippen LogP contribution is -3.15. The first kappa shape index (κ1) is 19.3. The summed E-state index contributed by atoms with van der Waals surface area (Å²) in [5, 5.41) is 2.93. The first-order chi connectivity index (χ1) is 14.1. The van der Waals surface area contributed by atoms with E-state index in [1.165, 1.54) is 4.90 Å². The van der Waals surface area contributed by atoms with Gasteiger partial charge in [-0.3, -0.25) is 9.59 Å². The molecule has 2 N–H and O–H groups in total. The average molecular weight is 396 g/mol. The molecule has 0 unspecified atom stereocenters. The Kier molecular flexibility index (Phi) is 5.67. The van der Waals surface area contributed by atoms with E-state index < -0.39 is 6.10 Å². The fraction of sp³-hybridized carbons (Fsp3) is 0.364. The molecule has 0 aromatic heterocycles. The number of hydrogen-bond acceptors (Lipinski definition) is 4. The van der Waals surface area contributed by atoms with E-state index in [0.717, 1.165) is 24.3 Å². The van der Waals surface area contributed by atoms with Gasteiger partial charge in [0.2, 0.25) is 6.10 Å². The Bertz CT molecular complexity index is 876. The predicted molar refractivity (Wildman–Crippen MR) is 108 cm³/mol. The highest BCUT2D eigenvalue weighted by Crippen LogP contribution is 2.31. The number of ether oxygens (including phenoxy) is 2. The smallest absolute Gasteiger partial charge is 0.279 e. The summed E-state index contributed by atoms with van der Waals surface area (Å²) in [5.41, 5.74) is 1.97. The van der Waals surface area contributed by atoms with E-state index in [2.05, 4.69) is 5.32 Å². The molecule has 0 saturated carbocycles. The fourth-order valence-electron chi connectivity index (χ4n) is 3.63. The maximum Gasteiger partial charge on any atom is 0.279 e. The standard InChI is InChI=1S/C22H25N3O4/c1-16-6-8-17(9-7-16)23-21(26)14-24-10-12-25(13-11-24)22(27)20-15-28-18-4-2-3-5-19(18)29-20/h2-9,20H,10-15H2,1H3,(H,23,26)/p+1/t20-/m0/s1. The maximum absolute atomic E-state index is 12.8. The van der Waals surface area contributed by atoms with Crippen molar-refractivity contribution < 1.29 is 24.0 Å². The molecule has 152 valence electrons. The van der Waals surface area contributed by atoms with Gasteiger partial charge in [-0.25, -0.2) is 0 Å². The minimum Gasteiger partial charge on any atom is -0.485 e. The summed E-state index contributed by atoms with van der Waals surface area (Å²) in [6.07, 6.45) is -0.615. The quantitative estimate of drug-likeness (QED) is 0.790. The molecular weight excluding hydrogens is 370 g/mol. The Morgan fingerprint density at radius 3 is 2.48 bits per heavy atom. The molecule has 4 rings (SSSR count). The third kappa shape index (κ3) is 4.68. The number of amides is 2. The largest absolute Gasteiger partial charge is 0.485 e. The van der Waals surface area contributed by atoms with Gasteiger partial charge < -0.3 is 24.6 Å². The summed E-state index contributed by atoms with van der Waals surface area (Å²) in [5.74, 6) is 1.21. The Morgan fingerprint density at radius 2 is 1.76 bits per heavy atom. The number of nitrogens with one attached hydrogen (secondary N) is 2. The zero-order chi connectivity index (χ0) is 20.2. The van der Waals surface area contributed by atoms with Crippen LogP contribution in [0.3, 0.4) is 0 Å². The van der Waals surface area contributed by atoms with Crippen LogP contribution in [0.1, 0.15) is 5.56 Å². The normalized spacial score (nSPS) is 18.9. The number of rotatable bonds is 4. The van der Waals surface area contributed by atoms with Crippen LogP contribution in [0.2, 0.25) is 0 Å². The molecule has 1 fully saturated rings. The zero-order valence-corrected chi connectivity index (χ0v) is 16.5. The summed E-state index contributed by atoms with van der Waals surface area (Å²) in [6, 6.07) is 15.1. The Balaban J connectivity index is 1.24. The Labute approximate surface area is 170 Å². The van der Waals surface area contributed by atoms with Crippen LogP contribution in [-0.2, 0) is 9.59 Å². The summed E-state index contributed by atoms with van der Waals surface area (Å²) < 4.78 is 11.5. The number of aryl methyl sites for hydroxylation is 1.